The molecular weight excluding hydrogens is 438 g/mol. The molecule has 0 aliphatic heterocycles. The molecule has 0 bridgehead atoms. The molecule has 0 unspecified atom stereocenters. The molecule has 0 amide bonds. The third-order valence-corrected chi connectivity index (χ3v) is 7.30. The van der Waals surface area contributed by atoms with Gasteiger partial charge in [0.05, 0.1) is 16.7 Å². The first kappa shape index (κ1) is 19.2. The minimum atomic E-state index is -0.113. The first-order chi connectivity index (χ1) is 15.7. The van der Waals surface area contributed by atoms with Gasteiger partial charge in [0.2, 0.25) is 0 Å². The van der Waals surface area contributed by atoms with Gasteiger partial charge in [-0.25, -0.2) is 4.98 Å². The molecule has 4 aromatic heterocycles. The quantitative estimate of drug-likeness (QED) is 0.358. The SMILES string of the molecule is Cc1cc2nnc(SCc3nc4scc(-c5ccccc5)c4c(=O)[nH]3)n2c2ccccc12. The van der Waals surface area contributed by atoms with Gasteiger partial charge in [-0.1, -0.05) is 60.3 Å². The molecule has 0 aliphatic carbocycles. The number of aromatic nitrogens is 5. The summed E-state index contributed by atoms with van der Waals surface area (Å²) in [5.41, 5.74) is 4.87. The van der Waals surface area contributed by atoms with Crippen LogP contribution in [0.4, 0.5) is 0 Å². The number of hydrogen-bond donors (Lipinski definition) is 1. The number of para-hydroxylation sites is 1. The number of pyridine rings is 1. The van der Waals surface area contributed by atoms with Crippen LogP contribution in [0.2, 0.25) is 0 Å². The Hall–Kier alpha value is -3.49. The first-order valence-corrected chi connectivity index (χ1v) is 12.0. The van der Waals surface area contributed by atoms with Crippen LogP contribution in [0, 0.1) is 6.92 Å². The van der Waals surface area contributed by atoms with Crippen molar-refractivity contribution in [3.63, 3.8) is 0 Å². The third kappa shape index (κ3) is 3.11. The zero-order valence-corrected chi connectivity index (χ0v) is 18.7. The number of aryl methyl sites for hydroxylation is 1. The Balaban J connectivity index is 1.37. The molecule has 2 aromatic carbocycles. The van der Waals surface area contributed by atoms with Crippen molar-refractivity contribution in [3.05, 3.63) is 87.8 Å². The van der Waals surface area contributed by atoms with Crippen LogP contribution in [0.3, 0.4) is 0 Å². The molecule has 156 valence electrons. The highest BCUT2D eigenvalue weighted by Gasteiger charge is 2.15. The highest BCUT2D eigenvalue weighted by atomic mass is 32.2. The highest BCUT2D eigenvalue weighted by molar-refractivity contribution is 7.98. The van der Waals surface area contributed by atoms with Gasteiger partial charge in [-0.15, -0.1) is 21.5 Å². The third-order valence-electron chi connectivity index (χ3n) is 5.49. The zero-order chi connectivity index (χ0) is 21.7. The Kier molecular flexibility index (Phi) is 4.55. The fourth-order valence-electron chi connectivity index (χ4n) is 3.99. The molecule has 0 saturated heterocycles. The lowest BCUT2D eigenvalue weighted by atomic mass is 10.1. The van der Waals surface area contributed by atoms with Gasteiger partial charge in [-0.05, 0) is 30.2 Å². The Morgan fingerprint density at radius 1 is 1.06 bits per heavy atom. The van der Waals surface area contributed by atoms with Crippen molar-refractivity contribution in [3.8, 4) is 11.1 Å². The molecule has 0 fully saturated rings. The van der Waals surface area contributed by atoms with Crippen LogP contribution in [0.5, 0.6) is 0 Å². The number of aromatic amines is 1. The molecule has 6 nitrogen and oxygen atoms in total. The molecule has 0 aliphatic rings. The average Bonchev–Trinajstić information content (AvgIpc) is 3.43. The molecule has 8 heteroatoms. The lowest BCUT2D eigenvalue weighted by Gasteiger charge is -2.07. The van der Waals surface area contributed by atoms with Gasteiger partial charge in [-0.3, -0.25) is 9.20 Å². The maximum atomic E-state index is 12.9. The molecule has 1 N–H and O–H groups in total. The number of benzene rings is 2. The van der Waals surface area contributed by atoms with Crippen molar-refractivity contribution >= 4 is 49.9 Å². The van der Waals surface area contributed by atoms with Gasteiger partial charge in [0.15, 0.2) is 10.8 Å². The van der Waals surface area contributed by atoms with Crippen LogP contribution in [0.25, 0.3) is 37.9 Å². The molecule has 0 spiro atoms. The van der Waals surface area contributed by atoms with E-state index >= 15 is 0 Å². The van der Waals surface area contributed by atoms with Crippen LogP contribution in [-0.2, 0) is 5.75 Å². The van der Waals surface area contributed by atoms with Crippen molar-refractivity contribution in [2.24, 2.45) is 0 Å². The summed E-state index contributed by atoms with van der Waals surface area (Å²) in [5, 5.41) is 13.3. The number of nitrogens with zero attached hydrogens (tertiary/aromatic N) is 4. The minimum Gasteiger partial charge on any atom is -0.309 e. The van der Waals surface area contributed by atoms with Crippen molar-refractivity contribution in [2.75, 3.05) is 0 Å². The fraction of sp³-hybridized carbons (Fsp3) is 0.0833. The summed E-state index contributed by atoms with van der Waals surface area (Å²) in [6.45, 7) is 2.08. The Morgan fingerprint density at radius 3 is 2.75 bits per heavy atom. The number of nitrogens with one attached hydrogen (secondary N) is 1. The van der Waals surface area contributed by atoms with Crippen molar-refractivity contribution in [1.29, 1.82) is 0 Å². The van der Waals surface area contributed by atoms with E-state index in [0.717, 1.165) is 32.3 Å². The van der Waals surface area contributed by atoms with E-state index in [0.29, 0.717) is 17.0 Å². The van der Waals surface area contributed by atoms with Gasteiger partial charge >= 0.3 is 0 Å². The molecule has 4 heterocycles. The van der Waals surface area contributed by atoms with Crippen LogP contribution < -0.4 is 5.56 Å². The molecule has 6 rings (SSSR count). The normalized spacial score (nSPS) is 11.7. The van der Waals surface area contributed by atoms with Gasteiger partial charge in [-0.2, -0.15) is 0 Å². The summed E-state index contributed by atoms with van der Waals surface area (Å²) in [6.07, 6.45) is 0. The second kappa shape index (κ2) is 7.58. The zero-order valence-electron chi connectivity index (χ0n) is 17.1. The van der Waals surface area contributed by atoms with Crippen molar-refractivity contribution in [2.45, 2.75) is 17.8 Å². The Bertz CT molecular complexity index is 1670. The summed E-state index contributed by atoms with van der Waals surface area (Å²) in [4.78, 5) is 21.3. The summed E-state index contributed by atoms with van der Waals surface area (Å²) < 4.78 is 2.06. The number of H-pyrrole nitrogens is 1. The van der Waals surface area contributed by atoms with Crippen molar-refractivity contribution in [1.82, 2.24) is 24.6 Å². The second-order valence-electron chi connectivity index (χ2n) is 7.52. The van der Waals surface area contributed by atoms with E-state index in [-0.39, 0.29) is 5.56 Å². The van der Waals surface area contributed by atoms with Crippen LogP contribution >= 0.6 is 23.1 Å². The number of thiophene rings is 1. The van der Waals surface area contributed by atoms with E-state index in [1.807, 2.05) is 53.9 Å². The Morgan fingerprint density at radius 2 is 1.88 bits per heavy atom. The van der Waals surface area contributed by atoms with E-state index in [4.69, 9.17) is 4.98 Å². The second-order valence-corrected chi connectivity index (χ2v) is 9.32. The van der Waals surface area contributed by atoms with E-state index in [1.165, 1.54) is 34.0 Å². The lowest BCUT2D eigenvalue weighted by molar-refractivity contribution is 0.935. The molecule has 6 aromatic rings. The van der Waals surface area contributed by atoms with Crippen molar-refractivity contribution < 1.29 is 0 Å². The predicted octanol–water partition coefficient (Wildman–Crippen LogP) is 5.45. The summed E-state index contributed by atoms with van der Waals surface area (Å²) >= 11 is 3.01. The predicted molar refractivity (Wildman–Crippen MR) is 130 cm³/mol. The molecule has 0 saturated carbocycles. The van der Waals surface area contributed by atoms with Crippen LogP contribution in [0.1, 0.15) is 11.4 Å². The molecular formula is C24H17N5OS2. The number of fused-ring (bicyclic) bond motifs is 4. The molecule has 32 heavy (non-hydrogen) atoms. The lowest BCUT2D eigenvalue weighted by Crippen LogP contribution is -2.10. The standard InChI is InChI=1S/C24H17N5OS2/c1-14-11-20-27-28-24(29(20)18-10-6-5-9-16(14)18)32-13-19-25-22(30)21-17(12-31-23(21)26-19)15-7-3-2-4-8-15/h2-12H,13H2,1H3,(H,25,26,30). The van der Waals surface area contributed by atoms with E-state index in [2.05, 4.69) is 38.6 Å². The van der Waals surface area contributed by atoms with Gasteiger partial charge < -0.3 is 4.98 Å². The number of thioether (sulfide) groups is 1. The van der Waals surface area contributed by atoms with Gasteiger partial charge in [0, 0.05) is 16.3 Å². The monoisotopic (exact) mass is 455 g/mol. The van der Waals surface area contributed by atoms with E-state index in [1.54, 1.807) is 0 Å². The highest BCUT2D eigenvalue weighted by Crippen LogP contribution is 2.31. The molecule has 0 atom stereocenters. The largest absolute Gasteiger partial charge is 0.309 e. The number of rotatable bonds is 4. The van der Waals surface area contributed by atoms with Crippen LogP contribution in [-0.4, -0.2) is 24.6 Å². The van der Waals surface area contributed by atoms with E-state index in [9.17, 15) is 4.79 Å². The topological polar surface area (TPSA) is 75.9 Å². The maximum absolute atomic E-state index is 12.9. The molecule has 0 radical (unpaired) electrons. The summed E-state index contributed by atoms with van der Waals surface area (Å²) in [5.74, 6) is 1.12. The first-order valence-electron chi connectivity index (χ1n) is 10.1. The number of hydrogen-bond acceptors (Lipinski definition) is 6. The smallest absolute Gasteiger partial charge is 0.260 e. The summed E-state index contributed by atoms with van der Waals surface area (Å²) in [7, 11) is 0. The van der Waals surface area contributed by atoms with Gasteiger partial charge in [0.1, 0.15) is 10.7 Å². The Labute approximate surface area is 191 Å². The summed E-state index contributed by atoms with van der Waals surface area (Å²) in [6, 6.07) is 20.2. The van der Waals surface area contributed by atoms with Crippen LogP contribution in [0.15, 0.2) is 76.0 Å². The maximum Gasteiger partial charge on any atom is 0.260 e. The fourth-order valence-corrected chi connectivity index (χ4v) is 5.78. The average molecular weight is 456 g/mol. The van der Waals surface area contributed by atoms with E-state index < -0.39 is 0 Å². The minimum absolute atomic E-state index is 0.113. The van der Waals surface area contributed by atoms with Gasteiger partial charge in [0.25, 0.3) is 5.56 Å².